The van der Waals surface area contributed by atoms with E-state index in [1.165, 1.54) is 167 Å². The van der Waals surface area contributed by atoms with Crippen molar-refractivity contribution in [1.82, 2.24) is 0 Å². The minimum Gasteiger partial charge on any atom is -0.481 e. The molecule has 0 bridgehead atoms. The highest BCUT2D eigenvalue weighted by atomic mass is 16.5. The molecule has 0 aliphatic rings. The molecule has 0 heterocycles. The first-order valence-corrected chi connectivity index (χ1v) is 19.9. The van der Waals surface area contributed by atoms with E-state index in [9.17, 15) is 9.59 Å². The molecule has 1 atom stereocenters. The number of carboxylic acid groups (broad SMARTS) is 1. The Balaban J connectivity index is 0. The topological polar surface area (TPSA) is 63.6 Å². The van der Waals surface area contributed by atoms with Gasteiger partial charge in [0.05, 0.1) is 0 Å². The highest BCUT2D eigenvalue weighted by Gasteiger charge is 2.11. The second-order valence-electron chi connectivity index (χ2n) is 13.4. The van der Waals surface area contributed by atoms with Gasteiger partial charge in [0, 0.05) is 12.8 Å². The summed E-state index contributed by atoms with van der Waals surface area (Å²) in [6.45, 7) is 8.87. The monoisotopic (exact) mass is 625 g/mol. The first kappa shape index (κ1) is 45.1. The van der Waals surface area contributed by atoms with Gasteiger partial charge in [-0.1, -0.05) is 195 Å². The van der Waals surface area contributed by atoms with Crippen LogP contribution in [0.3, 0.4) is 0 Å². The highest BCUT2D eigenvalue weighted by Crippen LogP contribution is 2.15. The van der Waals surface area contributed by atoms with Crippen molar-refractivity contribution >= 4 is 11.9 Å². The Labute approximate surface area is 276 Å². The zero-order valence-electron chi connectivity index (χ0n) is 30.6. The molecule has 0 fully saturated rings. The Bertz CT molecular complexity index is 562. The fourth-order valence-corrected chi connectivity index (χ4v) is 5.79. The van der Waals surface area contributed by atoms with Crippen molar-refractivity contribution in [1.29, 1.82) is 0 Å². The number of rotatable bonds is 34. The van der Waals surface area contributed by atoms with Crippen LogP contribution in [0.15, 0.2) is 0 Å². The second kappa shape index (κ2) is 40.0. The first-order valence-electron chi connectivity index (χ1n) is 19.9. The van der Waals surface area contributed by atoms with Crippen LogP contribution >= 0.6 is 0 Å². The van der Waals surface area contributed by atoms with Gasteiger partial charge in [-0.2, -0.15) is 0 Å². The molecule has 0 radical (unpaired) electrons. The molecule has 1 N–H and O–H groups in total. The van der Waals surface area contributed by atoms with E-state index in [4.69, 9.17) is 9.84 Å². The van der Waals surface area contributed by atoms with Crippen LogP contribution in [-0.2, 0) is 14.3 Å². The van der Waals surface area contributed by atoms with E-state index in [1.54, 1.807) is 0 Å². The van der Waals surface area contributed by atoms with E-state index in [2.05, 4.69) is 27.7 Å². The fraction of sp³-hybridized carbons (Fsp3) is 0.950. The zero-order valence-corrected chi connectivity index (χ0v) is 30.6. The first-order chi connectivity index (χ1) is 21.5. The number of ether oxygens (including phenoxy) is 1. The van der Waals surface area contributed by atoms with E-state index < -0.39 is 5.97 Å². The lowest BCUT2D eigenvalue weighted by Gasteiger charge is -2.16. The van der Waals surface area contributed by atoms with Gasteiger partial charge in [0.2, 0.25) is 0 Å². The normalized spacial score (nSPS) is 11.6. The standard InChI is InChI=1S/C24H48O2.C16H32O2/c1-4-7-9-10-11-12-13-14-15-16-17-18-20-22-24(25)26-23(6-3)21-19-8-5-2;1-2-3-4-5-6-7-8-9-10-11-12-13-14-15-16(17)18/h23H,4-22H2,1-3H3;2-15H2,1H3,(H,17,18). The van der Waals surface area contributed by atoms with Gasteiger partial charge < -0.3 is 9.84 Å². The highest BCUT2D eigenvalue weighted by molar-refractivity contribution is 5.69. The number of carbonyl (C=O) groups excluding carboxylic acids is 1. The summed E-state index contributed by atoms with van der Waals surface area (Å²) in [4.78, 5) is 22.2. The van der Waals surface area contributed by atoms with Crippen LogP contribution in [0.25, 0.3) is 0 Å². The van der Waals surface area contributed by atoms with Crippen LogP contribution in [0.1, 0.15) is 240 Å². The molecule has 0 amide bonds. The smallest absolute Gasteiger partial charge is 0.306 e. The van der Waals surface area contributed by atoms with Crippen LogP contribution in [-0.4, -0.2) is 23.1 Å². The van der Waals surface area contributed by atoms with Crippen LogP contribution < -0.4 is 0 Å². The summed E-state index contributed by atoms with van der Waals surface area (Å²) in [6.07, 6.45) is 41.1. The maximum atomic E-state index is 11.9. The summed E-state index contributed by atoms with van der Waals surface area (Å²) in [7, 11) is 0. The van der Waals surface area contributed by atoms with Gasteiger partial charge in [-0.25, -0.2) is 0 Å². The van der Waals surface area contributed by atoms with Crippen LogP contribution in [0, 0.1) is 0 Å². The quantitative estimate of drug-likeness (QED) is 0.0571. The molecule has 0 saturated heterocycles. The molecule has 0 aromatic carbocycles. The lowest BCUT2D eigenvalue weighted by molar-refractivity contribution is -0.149. The molecule has 4 nitrogen and oxygen atoms in total. The molecule has 0 aliphatic carbocycles. The average molecular weight is 625 g/mol. The molecular formula is C40H80O4. The molecule has 1 unspecified atom stereocenters. The summed E-state index contributed by atoms with van der Waals surface area (Å²) in [5.74, 6) is -0.630. The maximum Gasteiger partial charge on any atom is 0.306 e. The summed E-state index contributed by atoms with van der Waals surface area (Å²) in [5, 5.41) is 8.49. The molecule has 264 valence electrons. The summed E-state index contributed by atoms with van der Waals surface area (Å²) < 4.78 is 5.61. The predicted molar refractivity (Wildman–Crippen MR) is 193 cm³/mol. The Kier molecular flexibility index (Phi) is 40.9. The molecule has 0 aromatic heterocycles. The average Bonchev–Trinajstić information content (AvgIpc) is 3.01. The third kappa shape index (κ3) is 40.9. The van der Waals surface area contributed by atoms with Crippen molar-refractivity contribution < 1.29 is 19.4 Å². The van der Waals surface area contributed by atoms with Crippen molar-refractivity contribution in [3.05, 3.63) is 0 Å². The van der Waals surface area contributed by atoms with Crippen molar-refractivity contribution in [2.24, 2.45) is 0 Å². The number of hydrogen-bond acceptors (Lipinski definition) is 3. The summed E-state index contributed by atoms with van der Waals surface area (Å²) in [5.41, 5.74) is 0. The molecule has 4 heteroatoms. The van der Waals surface area contributed by atoms with Gasteiger partial charge in [-0.15, -0.1) is 0 Å². The number of carboxylic acids is 1. The molecule has 0 saturated carbocycles. The minimum absolute atomic E-state index is 0.0245. The van der Waals surface area contributed by atoms with Gasteiger partial charge in [-0.3, -0.25) is 9.59 Å². The molecule has 0 rings (SSSR count). The number of hydrogen-bond donors (Lipinski definition) is 1. The van der Waals surface area contributed by atoms with Crippen molar-refractivity contribution in [3.63, 3.8) is 0 Å². The van der Waals surface area contributed by atoms with E-state index in [0.717, 1.165) is 32.1 Å². The van der Waals surface area contributed by atoms with Crippen molar-refractivity contribution in [3.8, 4) is 0 Å². The minimum atomic E-state index is -0.655. The maximum absolute atomic E-state index is 11.9. The van der Waals surface area contributed by atoms with Gasteiger partial charge in [0.25, 0.3) is 0 Å². The van der Waals surface area contributed by atoms with Gasteiger partial charge in [0.15, 0.2) is 0 Å². The van der Waals surface area contributed by atoms with Gasteiger partial charge in [0.1, 0.15) is 6.10 Å². The second-order valence-corrected chi connectivity index (χ2v) is 13.4. The molecule has 0 aromatic rings. The Morgan fingerprint density at radius 2 is 0.727 bits per heavy atom. The third-order valence-corrected chi connectivity index (χ3v) is 8.86. The number of unbranched alkanes of at least 4 members (excludes halogenated alkanes) is 26. The SMILES string of the molecule is CCCCCCCCCCCCCCCC(=O)O.CCCCCCCCCCCCCCCC(=O)OC(CC)CCCCC. The fourth-order valence-electron chi connectivity index (χ4n) is 5.79. The van der Waals surface area contributed by atoms with Gasteiger partial charge >= 0.3 is 11.9 Å². The van der Waals surface area contributed by atoms with Gasteiger partial charge in [-0.05, 0) is 32.1 Å². The molecule has 44 heavy (non-hydrogen) atoms. The molecule has 0 spiro atoms. The van der Waals surface area contributed by atoms with E-state index in [-0.39, 0.29) is 12.1 Å². The van der Waals surface area contributed by atoms with E-state index in [1.807, 2.05) is 0 Å². The summed E-state index contributed by atoms with van der Waals surface area (Å²) >= 11 is 0. The zero-order chi connectivity index (χ0) is 32.8. The van der Waals surface area contributed by atoms with Crippen molar-refractivity contribution in [2.45, 2.75) is 246 Å². The molecular weight excluding hydrogens is 544 g/mol. The summed E-state index contributed by atoms with van der Waals surface area (Å²) in [6, 6.07) is 0. The number of esters is 1. The lowest BCUT2D eigenvalue weighted by atomic mass is 10.0. The predicted octanol–water partition coefficient (Wildman–Crippen LogP) is 13.9. The molecule has 0 aliphatic heterocycles. The largest absolute Gasteiger partial charge is 0.481 e. The Hall–Kier alpha value is -1.06. The van der Waals surface area contributed by atoms with Crippen LogP contribution in [0.4, 0.5) is 0 Å². The third-order valence-electron chi connectivity index (χ3n) is 8.86. The number of aliphatic carboxylic acids is 1. The Morgan fingerprint density at radius 3 is 1.05 bits per heavy atom. The van der Waals surface area contributed by atoms with Crippen LogP contribution in [0.5, 0.6) is 0 Å². The number of carbonyl (C=O) groups is 2. The lowest BCUT2D eigenvalue weighted by Crippen LogP contribution is -2.17. The van der Waals surface area contributed by atoms with Crippen LogP contribution in [0.2, 0.25) is 0 Å². The van der Waals surface area contributed by atoms with Crippen molar-refractivity contribution in [2.75, 3.05) is 0 Å². The van der Waals surface area contributed by atoms with E-state index in [0.29, 0.717) is 12.8 Å². The van der Waals surface area contributed by atoms with E-state index >= 15 is 0 Å². The Morgan fingerprint density at radius 1 is 0.432 bits per heavy atom.